The summed E-state index contributed by atoms with van der Waals surface area (Å²) in [5.41, 5.74) is -1.02. The Morgan fingerprint density at radius 3 is 2.35 bits per heavy atom. The van der Waals surface area contributed by atoms with Crippen LogP contribution in [0.1, 0.15) is 18.9 Å². The predicted octanol–water partition coefficient (Wildman–Crippen LogP) is 1.43. The van der Waals surface area contributed by atoms with Crippen molar-refractivity contribution in [1.82, 2.24) is 10.6 Å². The average molecular weight is 345 g/mol. The van der Waals surface area contributed by atoms with Gasteiger partial charge in [0.25, 0.3) is 0 Å². The first kappa shape index (κ1) is 16.5. The summed E-state index contributed by atoms with van der Waals surface area (Å²) < 4.78 is 0.821. The van der Waals surface area contributed by atoms with E-state index < -0.39 is 17.5 Å². The van der Waals surface area contributed by atoms with Crippen molar-refractivity contribution in [3.63, 3.8) is 0 Å². The molecule has 1 aromatic carbocycles. The fourth-order valence-electron chi connectivity index (χ4n) is 1.83. The summed E-state index contributed by atoms with van der Waals surface area (Å²) in [4.78, 5) is 23.4. The average Bonchev–Trinajstić information content (AvgIpc) is 2.43. The molecule has 20 heavy (non-hydrogen) atoms. The number of carboxylic acid groups (broad SMARTS) is 1. The molecule has 0 spiro atoms. The second kappa shape index (κ2) is 7.25. The van der Waals surface area contributed by atoms with E-state index in [9.17, 15) is 14.7 Å². The minimum absolute atomic E-state index is 0.0611. The second-order valence-electron chi connectivity index (χ2n) is 4.18. The number of carboxylic acids is 1. The van der Waals surface area contributed by atoms with Crippen LogP contribution in [0.5, 0.6) is 0 Å². The first-order valence-electron chi connectivity index (χ1n) is 6.12. The molecule has 0 aliphatic rings. The summed E-state index contributed by atoms with van der Waals surface area (Å²) in [6.45, 7) is 1.53. The molecule has 1 aromatic rings. The molecule has 0 aliphatic carbocycles. The number of carbonyl (C=O) groups excluding carboxylic acids is 1. The number of nitrogens with one attached hydrogen (secondary N) is 2. The largest absolute Gasteiger partial charge is 0.479 e. The number of amides is 2. The van der Waals surface area contributed by atoms with Crippen molar-refractivity contribution in [3.05, 3.63) is 34.3 Å². The Morgan fingerprint density at radius 2 is 1.90 bits per heavy atom. The van der Waals surface area contributed by atoms with Crippen LogP contribution in [0, 0.1) is 0 Å². The summed E-state index contributed by atoms with van der Waals surface area (Å²) in [6, 6.07) is 6.10. The lowest BCUT2D eigenvalue weighted by Gasteiger charge is -2.30. The number of hydrogen-bond donors (Lipinski definition) is 4. The van der Waals surface area contributed by atoms with Gasteiger partial charge in [0.2, 0.25) is 0 Å². The lowest BCUT2D eigenvalue weighted by molar-refractivity contribution is -0.145. The third kappa shape index (κ3) is 3.71. The van der Waals surface area contributed by atoms with E-state index in [0.29, 0.717) is 5.56 Å². The molecule has 0 saturated carbocycles. The van der Waals surface area contributed by atoms with Crippen molar-refractivity contribution in [2.45, 2.75) is 18.9 Å². The Bertz CT molecular complexity index is 478. The maximum atomic E-state index is 11.7. The molecule has 0 aromatic heterocycles. The van der Waals surface area contributed by atoms with Crippen LogP contribution >= 0.6 is 15.9 Å². The number of hydrogen-bond acceptors (Lipinski definition) is 3. The van der Waals surface area contributed by atoms with E-state index in [1.807, 2.05) is 0 Å². The number of aliphatic hydroxyl groups is 1. The summed E-state index contributed by atoms with van der Waals surface area (Å²) in [5, 5.41) is 23.0. The van der Waals surface area contributed by atoms with Crippen LogP contribution in [-0.2, 0) is 10.3 Å². The van der Waals surface area contributed by atoms with Gasteiger partial charge in [0, 0.05) is 11.0 Å². The molecule has 0 unspecified atom stereocenters. The van der Waals surface area contributed by atoms with E-state index >= 15 is 0 Å². The zero-order valence-corrected chi connectivity index (χ0v) is 12.6. The molecule has 0 bridgehead atoms. The fraction of sp³-hybridized carbons (Fsp3) is 0.385. The van der Waals surface area contributed by atoms with Gasteiger partial charge in [0.15, 0.2) is 5.54 Å². The van der Waals surface area contributed by atoms with Gasteiger partial charge in [-0.25, -0.2) is 9.59 Å². The highest BCUT2D eigenvalue weighted by Crippen LogP contribution is 2.27. The van der Waals surface area contributed by atoms with Crippen molar-refractivity contribution < 1.29 is 19.8 Å². The van der Waals surface area contributed by atoms with E-state index in [0.717, 1.165) is 4.47 Å². The number of urea groups is 1. The van der Waals surface area contributed by atoms with E-state index in [-0.39, 0.29) is 19.6 Å². The van der Waals surface area contributed by atoms with Gasteiger partial charge < -0.3 is 20.8 Å². The van der Waals surface area contributed by atoms with Crippen molar-refractivity contribution in [2.24, 2.45) is 0 Å². The Kier molecular flexibility index (Phi) is 5.97. The van der Waals surface area contributed by atoms with E-state index in [2.05, 4.69) is 26.6 Å². The van der Waals surface area contributed by atoms with Crippen LogP contribution in [0.3, 0.4) is 0 Å². The topological polar surface area (TPSA) is 98.7 Å². The SMILES string of the molecule is CC[C@@](NC(=O)NCCO)(C(=O)O)c1ccc(Br)cc1. The maximum absolute atomic E-state index is 11.7. The van der Waals surface area contributed by atoms with Crippen LogP contribution in [0.2, 0.25) is 0 Å². The fourth-order valence-corrected chi connectivity index (χ4v) is 2.10. The summed E-state index contributed by atoms with van der Waals surface area (Å²) in [7, 11) is 0. The molecule has 7 heteroatoms. The maximum Gasteiger partial charge on any atom is 0.334 e. The molecule has 0 radical (unpaired) electrons. The Labute approximate surface area is 125 Å². The first-order chi connectivity index (χ1) is 9.46. The standard InChI is InChI=1S/C13H17BrN2O4/c1-2-13(11(18)19,16-12(20)15-7-8-17)9-3-5-10(14)6-4-9/h3-6,17H,2,7-8H2,1H3,(H,18,19)(H2,15,16,20)/t13-/m0/s1. The molecular weight excluding hydrogens is 328 g/mol. The first-order valence-corrected chi connectivity index (χ1v) is 6.92. The third-order valence-corrected chi connectivity index (χ3v) is 3.49. The minimum atomic E-state index is -1.50. The van der Waals surface area contributed by atoms with Crippen molar-refractivity contribution >= 4 is 27.9 Å². The second-order valence-corrected chi connectivity index (χ2v) is 5.09. The van der Waals surface area contributed by atoms with Gasteiger partial charge in [-0.1, -0.05) is 35.0 Å². The zero-order valence-electron chi connectivity index (χ0n) is 11.0. The Balaban J connectivity index is 3.06. The quantitative estimate of drug-likeness (QED) is 0.627. The van der Waals surface area contributed by atoms with Gasteiger partial charge in [0.1, 0.15) is 0 Å². The third-order valence-electron chi connectivity index (χ3n) is 2.96. The van der Waals surface area contributed by atoms with Crippen LogP contribution in [0.25, 0.3) is 0 Å². The van der Waals surface area contributed by atoms with E-state index in [1.54, 1.807) is 31.2 Å². The van der Waals surface area contributed by atoms with Gasteiger partial charge in [-0.05, 0) is 24.1 Å². The molecule has 6 nitrogen and oxygen atoms in total. The van der Waals surface area contributed by atoms with Gasteiger partial charge in [-0.3, -0.25) is 0 Å². The molecule has 1 atom stereocenters. The predicted molar refractivity (Wildman–Crippen MR) is 77.4 cm³/mol. The van der Waals surface area contributed by atoms with Gasteiger partial charge in [0.05, 0.1) is 6.61 Å². The van der Waals surface area contributed by atoms with Gasteiger partial charge in [-0.15, -0.1) is 0 Å². The minimum Gasteiger partial charge on any atom is -0.479 e. The molecule has 0 aliphatic heterocycles. The number of halogens is 1. The monoisotopic (exact) mass is 344 g/mol. The smallest absolute Gasteiger partial charge is 0.334 e. The highest BCUT2D eigenvalue weighted by molar-refractivity contribution is 9.10. The molecule has 110 valence electrons. The van der Waals surface area contributed by atoms with Crippen LogP contribution in [0.4, 0.5) is 4.79 Å². The molecule has 4 N–H and O–H groups in total. The number of aliphatic carboxylic acids is 1. The highest BCUT2D eigenvalue weighted by atomic mass is 79.9. The van der Waals surface area contributed by atoms with Crippen molar-refractivity contribution in [1.29, 1.82) is 0 Å². The summed E-state index contributed by atoms with van der Waals surface area (Å²) in [6.07, 6.45) is 0.191. The Hall–Kier alpha value is -1.60. The number of rotatable bonds is 6. The Morgan fingerprint density at radius 1 is 1.30 bits per heavy atom. The number of aliphatic hydroxyl groups excluding tert-OH is 1. The van der Waals surface area contributed by atoms with E-state index in [4.69, 9.17) is 5.11 Å². The highest BCUT2D eigenvalue weighted by Gasteiger charge is 2.40. The summed E-state index contributed by atoms with van der Waals surface area (Å²) >= 11 is 3.28. The molecule has 1 rings (SSSR count). The van der Waals surface area contributed by atoms with E-state index in [1.165, 1.54) is 0 Å². The van der Waals surface area contributed by atoms with Crippen LogP contribution < -0.4 is 10.6 Å². The molecule has 0 heterocycles. The van der Waals surface area contributed by atoms with Crippen LogP contribution in [-0.4, -0.2) is 35.4 Å². The number of carbonyl (C=O) groups is 2. The number of benzene rings is 1. The molecule has 0 fully saturated rings. The molecule has 2 amide bonds. The normalized spacial score (nSPS) is 13.3. The lowest BCUT2D eigenvalue weighted by Crippen LogP contribution is -2.54. The van der Waals surface area contributed by atoms with Crippen LogP contribution in [0.15, 0.2) is 28.7 Å². The zero-order chi connectivity index (χ0) is 15.2. The van der Waals surface area contributed by atoms with Gasteiger partial charge >= 0.3 is 12.0 Å². The van der Waals surface area contributed by atoms with Gasteiger partial charge in [-0.2, -0.15) is 0 Å². The van der Waals surface area contributed by atoms with Crippen molar-refractivity contribution in [2.75, 3.05) is 13.2 Å². The van der Waals surface area contributed by atoms with Crippen molar-refractivity contribution in [3.8, 4) is 0 Å². The molecular formula is C13H17BrN2O4. The molecule has 0 saturated heterocycles. The lowest BCUT2D eigenvalue weighted by atomic mass is 9.87. The summed E-state index contributed by atoms with van der Waals surface area (Å²) in [5.74, 6) is -1.14.